The fourth-order valence-electron chi connectivity index (χ4n) is 2.96. The minimum Gasteiger partial charge on any atom is -0.493 e. The molecule has 7 nitrogen and oxygen atoms in total. The van der Waals surface area contributed by atoms with Crippen LogP contribution in [0.1, 0.15) is 24.5 Å². The Kier molecular flexibility index (Phi) is 7.82. The molecule has 1 N–H and O–H groups in total. The highest BCUT2D eigenvalue weighted by molar-refractivity contribution is 8.18. The first kappa shape index (κ1) is 23.7. The highest BCUT2D eigenvalue weighted by Gasteiger charge is 2.36. The van der Waals surface area contributed by atoms with Crippen LogP contribution in [0.5, 0.6) is 11.5 Å². The fourth-order valence-corrected chi connectivity index (χ4v) is 3.97. The summed E-state index contributed by atoms with van der Waals surface area (Å²) >= 11 is 6.76. The van der Waals surface area contributed by atoms with E-state index in [1.54, 1.807) is 42.5 Å². The average molecular weight is 475 g/mol. The first-order valence-corrected chi connectivity index (χ1v) is 11.1. The van der Waals surface area contributed by atoms with E-state index < -0.39 is 17.1 Å². The fraction of sp³-hybridized carbons (Fsp3) is 0.261. The van der Waals surface area contributed by atoms with Crippen LogP contribution in [0.3, 0.4) is 0 Å². The first-order valence-electron chi connectivity index (χ1n) is 9.94. The highest BCUT2D eigenvalue weighted by atomic mass is 35.5. The van der Waals surface area contributed by atoms with Crippen molar-refractivity contribution in [3.8, 4) is 11.5 Å². The lowest BCUT2D eigenvalue weighted by molar-refractivity contribution is -0.127. The third-order valence-corrected chi connectivity index (χ3v) is 5.74. The number of ether oxygens (including phenoxy) is 2. The number of carbonyl (C=O) groups is 3. The molecule has 0 unspecified atom stereocenters. The first-order chi connectivity index (χ1) is 15.3. The number of nitrogens with one attached hydrogen (secondary N) is 1. The SMILES string of the molecule is CCCOc1ccc(/C=C2\SC(=O)N(CC(=O)Nc3cc(Cl)ccc3C)C2=O)cc1OC. The van der Waals surface area contributed by atoms with Gasteiger partial charge in [-0.2, -0.15) is 0 Å². The van der Waals surface area contributed by atoms with Crippen molar-refractivity contribution in [2.75, 3.05) is 25.6 Å². The smallest absolute Gasteiger partial charge is 0.294 e. The van der Waals surface area contributed by atoms with Gasteiger partial charge in [0, 0.05) is 10.7 Å². The molecule has 3 amide bonds. The van der Waals surface area contributed by atoms with Crippen LogP contribution in [0.25, 0.3) is 6.08 Å². The number of carbonyl (C=O) groups excluding carboxylic acids is 3. The Balaban J connectivity index is 1.72. The molecule has 168 valence electrons. The van der Waals surface area contributed by atoms with Crippen LogP contribution in [0.15, 0.2) is 41.3 Å². The number of hydrogen-bond donors (Lipinski definition) is 1. The second-order valence-electron chi connectivity index (χ2n) is 7.03. The van der Waals surface area contributed by atoms with E-state index in [0.717, 1.165) is 28.6 Å². The van der Waals surface area contributed by atoms with Crippen molar-refractivity contribution in [2.24, 2.45) is 0 Å². The van der Waals surface area contributed by atoms with E-state index in [-0.39, 0.29) is 11.4 Å². The molecule has 1 aliphatic heterocycles. The summed E-state index contributed by atoms with van der Waals surface area (Å²) in [6.07, 6.45) is 2.46. The lowest BCUT2D eigenvalue weighted by atomic mass is 10.2. The average Bonchev–Trinajstić information content (AvgIpc) is 3.02. The molecule has 0 spiro atoms. The lowest BCUT2D eigenvalue weighted by Gasteiger charge is -2.14. The van der Waals surface area contributed by atoms with Crippen molar-refractivity contribution in [1.29, 1.82) is 0 Å². The quantitative estimate of drug-likeness (QED) is 0.534. The van der Waals surface area contributed by atoms with Gasteiger partial charge in [-0.1, -0.05) is 30.7 Å². The Morgan fingerprint density at radius 2 is 1.97 bits per heavy atom. The number of anilines is 1. The molecule has 0 atom stereocenters. The number of hydrogen-bond acceptors (Lipinski definition) is 6. The molecular weight excluding hydrogens is 452 g/mol. The molecule has 32 heavy (non-hydrogen) atoms. The van der Waals surface area contributed by atoms with Gasteiger partial charge in [0.25, 0.3) is 11.1 Å². The van der Waals surface area contributed by atoms with E-state index in [9.17, 15) is 14.4 Å². The van der Waals surface area contributed by atoms with E-state index in [0.29, 0.717) is 34.4 Å². The molecule has 9 heteroatoms. The maximum atomic E-state index is 12.8. The van der Waals surface area contributed by atoms with E-state index in [4.69, 9.17) is 21.1 Å². The summed E-state index contributed by atoms with van der Waals surface area (Å²) in [5.74, 6) is 0.122. The van der Waals surface area contributed by atoms with Crippen LogP contribution >= 0.6 is 23.4 Å². The molecule has 3 rings (SSSR count). The Hall–Kier alpha value is -2.97. The second kappa shape index (κ2) is 10.6. The zero-order valence-electron chi connectivity index (χ0n) is 17.9. The molecule has 0 aliphatic carbocycles. The van der Waals surface area contributed by atoms with Gasteiger partial charge >= 0.3 is 0 Å². The number of halogens is 1. The number of aryl methyl sites for hydroxylation is 1. The molecule has 2 aromatic rings. The maximum Gasteiger partial charge on any atom is 0.294 e. The van der Waals surface area contributed by atoms with Gasteiger partial charge in [-0.25, -0.2) is 0 Å². The summed E-state index contributed by atoms with van der Waals surface area (Å²) in [5.41, 5.74) is 2.02. The monoisotopic (exact) mass is 474 g/mol. The van der Waals surface area contributed by atoms with Crippen molar-refractivity contribution >= 4 is 52.2 Å². The molecule has 0 radical (unpaired) electrons. The number of nitrogens with zero attached hydrogens (tertiary/aromatic N) is 1. The number of rotatable bonds is 8. The summed E-state index contributed by atoms with van der Waals surface area (Å²) in [7, 11) is 1.53. The summed E-state index contributed by atoms with van der Waals surface area (Å²) in [4.78, 5) is 38.7. The number of amides is 3. The van der Waals surface area contributed by atoms with Gasteiger partial charge in [0.15, 0.2) is 11.5 Å². The molecule has 1 fully saturated rings. The number of thioether (sulfide) groups is 1. The van der Waals surface area contributed by atoms with Gasteiger partial charge in [-0.3, -0.25) is 19.3 Å². The molecular formula is C23H23ClN2O5S. The highest BCUT2D eigenvalue weighted by Crippen LogP contribution is 2.34. The van der Waals surface area contributed by atoms with Crippen molar-refractivity contribution in [3.63, 3.8) is 0 Å². The van der Waals surface area contributed by atoms with Crippen molar-refractivity contribution in [2.45, 2.75) is 20.3 Å². The molecule has 1 heterocycles. The summed E-state index contributed by atoms with van der Waals surface area (Å²) in [5, 5.41) is 2.66. The summed E-state index contributed by atoms with van der Waals surface area (Å²) in [6, 6.07) is 10.4. The van der Waals surface area contributed by atoms with E-state index in [1.165, 1.54) is 7.11 Å². The number of imide groups is 1. The van der Waals surface area contributed by atoms with Crippen LogP contribution in [0, 0.1) is 6.92 Å². The van der Waals surface area contributed by atoms with Gasteiger partial charge in [-0.05, 0) is 66.6 Å². The summed E-state index contributed by atoms with van der Waals surface area (Å²) < 4.78 is 11.0. The van der Waals surface area contributed by atoms with Crippen LogP contribution in [-0.4, -0.2) is 42.2 Å². The Bertz CT molecular complexity index is 1090. The van der Waals surface area contributed by atoms with E-state index in [1.807, 2.05) is 13.8 Å². The van der Waals surface area contributed by atoms with Gasteiger partial charge in [0.2, 0.25) is 5.91 Å². The van der Waals surface area contributed by atoms with Crippen LogP contribution in [-0.2, 0) is 9.59 Å². The van der Waals surface area contributed by atoms with E-state index in [2.05, 4.69) is 5.32 Å². The number of benzene rings is 2. The Morgan fingerprint density at radius 1 is 1.19 bits per heavy atom. The summed E-state index contributed by atoms with van der Waals surface area (Å²) in [6.45, 7) is 4.00. The third kappa shape index (κ3) is 5.63. The standard InChI is InChI=1S/C23H23ClN2O5S/c1-4-9-31-18-8-6-15(10-19(18)30-3)11-20-22(28)26(23(29)32-20)13-21(27)25-17-12-16(24)7-5-14(17)2/h5-8,10-12H,4,9,13H2,1-3H3,(H,25,27)/b20-11-. The van der Waals surface area contributed by atoms with Crippen molar-refractivity contribution in [1.82, 2.24) is 4.90 Å². The lowest BCUT2D eigenvalue weighted by Crippen LogP contribution is -2.36. The largest absolute Gasteiger partial charge is 0.493 e. The van der Waals surface area contributed by atoms with Gasteiger partial charge in [0.1, 0.15) is 6.54 Å². The van der Waals surface area contributed by atoms with E-state index >= 15 is 0 Å². The molecule has 1 aliphatic rings. The molecule has 0 aromatic heterocycles. The minimum atomic E-state index is -0.525. The predicted octanol–water partition coefficient (Wildman–Crippen LogP) is 5.12. The molecule has 2 aromatic carbocycles. The molecule has 0 saturated carbocycles. The maximum absolute atomic E-state index is 12.8. The van der Waals surface area contributed by atoms with Crippen molar-refractivity contribution < 1.29 is 23.9 Å². The minimum absolute atomic E-state index is 0.228. The topological polar surface area (TPSA) is 84.9 Å². The van der Waals surface area contributed by atoms with Crippen LogP contribution < -0.4 is 14.8 Å². The van der Waals surface area contributed by atoms with Crippen LogP contribution in [0.4, 0.5) is 10.5 Å². The molecule has 1 saturated heterocycles. The Labute approximate surface area is 195 Å². The third-order valence-electron chi connectivity index (χ3n) is 4.60. The van der Waals surface area contributed by atoms with Gasteiger partial charge in [0.05, 0.1) is 18.6 Å². The molecule has 0 bridgehead atoms. The Morgan fingerprint density at radius 3 is 2.69 bits per heavy atom. The zero-order chi connectivity index (χ0) is 23.3. The van der Waals surface area contributed by atoms with Gasteiger partial charge < -0.3 is 14.8 Å². The normalized spacial score (nSPS) is 14.8. The van der Waals surface area contributed by atoms with Crippen LogP contribution in [0.2, 0.25) is 5.02 Å². The van der Waals surface area contributed by atoms with Gasteiger partial charge in [-0.15, -0.1) is 0 Å². The number of methoxy groups -OCH3 is 1. The second-order valence-corrected chi connectivity index (χ2v) is 8.46. The van der Waals surface area contributed by atoms with Crippen molar-refractivity contribution in [3.05, 3.63) is 57.5 Å². The zero-order valence-corrected chi connectivity index (χ0v) is 19.5. The predicted molar refractivity (Wildman–Crippen MR) is 126 cm³/mol.